The molecule has 1 fully saturated rings. The fraction of sp³-hybridized carbons (Fsp3) is 0.588. The molecule has 1 aliphatic heterocycles. The van der Waals surface area contributed by atoms with E-state index in [9.17, 15) is 13.2 Å². The topological polar surface area (TPSA) is 95.9 Å². The van der Waals surface area contributed by atoms with Crippen LogP contribution < -0.4 is 10.2 Å². The minimum absolute atomic E-state index is 0.0614. The summed E-state index contributed by atoms with van der Waals surface area (Å²) in [7, 11) is -3.87. The first-order chi connectivity index (χ1) is 11.7. The first kappa shape index (κ1) is 19.7. The molecule has 2 N–H and O–H groups in total. The SMILES string of the molecule is CCc1ccc(OC2CCN(S(=O)(=O)C(C)(C)C(=O)NO)CC2)cc1. The lowest BCUT2D eigenvalue weighted by Crippen LogP contribution is -2.55. The third-order valence-electron chi connectivity index (χ3n) is 4.67. The van der Waals surface area contributed by atoms with E-state index in [4.69, 9.17) is 9.94 Å². The van der Waals surface area contributed by atoms with Crippen LogP contribution in [0, 0.1) is 0 Å². The van der Waals surface area contributed by atoms with Crippen LogP contribution in [0.2, 0.25) is 0 Å². The number of carbonyl (C=O) groups is 1. The molecular weight excluding hydrogens is 344 g/mol. The molecule has 1 heterocycles. The summed E-state index contributed by atoms with van der Waals surface area (Å²) < 4.78 is 30.8. The van der Waals surface area contributed by atoms with Gasteiger partial charge >= 0.3 is 0 Å². The van der Waals surface area contributed by atoms with Gasteiger partial charge in [0.15, 0.2) is 4.75 Å². The number of ether oxygens (including phenoxy) is 1. The Balaban J connectivity index is 1.97. The van der Waals surface area contributed by atoms with Gasteiger partial charge in [-0.05, 0) is 50.8 Å². The van der Waals surface area contributed by atoms with E-state index in [1.54, 1.807) is 0 Å². The van der Waals surface area contributed by atoms with Crippen molar-refractivity contribution in [2.24, 2.45) is 0 Å². The van der Waals surface area contributed by atoms with E-state index >= 15 is 0 Å². The Hall–Kier alpha value is -1.64. The van der Waals surface area contributed by atoms with Crippen LogP contribution in [-0.4, -0.2) is 47.8 Å². The van der Waals surface area contributed by atoms with E-state index in [1.807, 2.05) is 24.3 Å². The second-order valence-electron chi connectivity index (χ2n) is 6.67. The predicted octanol–water partition coefficient (Wildman–Crippen LogP) is 1.71. The van der Waals surface area contributed by atoms with Crippen LogP contribution in [0.4, 0.5) is 0 Å². The van der Waals surface area contributed by atoms with Crippen molar-refractivity contribution < 1.29 is 23.2 Å². The number of sulfonamides is 1. The molecule has 0 spiro atoms. The number of piperidine rings is 1. The summed E-state index contributed by atoms with van der Waals surface area (Å²) in [6.07, 6.45) is 2.00. The number of amides is 1. The molecule has 140 valence electrons. The van der Waals surface area contributed by atoms with Gasteiger partial charge in [-0.1, -0.05) is 19.1 Å². The Bertz CT molecular complexity index is 692. The summed E-state index contributed by atoms with van der Waals surface area (Å²) in [5.74, 6) is -0.166. The van der Waals surface area contributed by atoms with Gasteiger partial charge in [-0.15, -0.1) is 0 Å². The maximum absolute atomic E-state index is 12.7. The number of benzene rings is 1. The second-order valence-corrected chi connectivity index (χ2v) is 9.16. The molecule has 8 heteroatoms. The minimum atomic E-state index is -3.87. The molecule has 2 rings (SSSR count). The van der Waals surface area contributed by atoms with E-state index < -0.39 is 20.7 Å². The Labute approximate surface area is 149 Å². The van der Waals surface area contributed by atoms with Gasteiger partial charge in [-0.2, -0.15) is 0 Å². The molecule has 0 radical (unpaired) electrons. The van der Waals surface area contributed by atoms with E-state index in [0.717, 1.165) is 12.2 Å². The van der Waals surface area contributed by atoms with Crippen LogP contribution in [0.3, 0.4) is 0 Å². The van der Waals surface area contributed by atoms with Crippen LogP contribution in [0.25, 0.3) is 0 Å². The lowest BCUT2D eigenvalue weighted by atomic mass is 10.1. The largest absolute Gasteiger partial charge is 0.490 e. The molecule has 0 atom stereocenters. The maximum Gasteiger partial charge on any atom is 0.265 e. The fourth-order valence-electron chi connectivity index (χ4n) is 2.76. The fourth-order valence-corrected chi connectivity index (χ4v) is 4.38. The average Bonchev–Trinajstić information content (AvgIpc) is 2.62. The molecule has 1 saturated heterocycles. The highest BCUT2D eigenvalue weighted by Crippen LogP contribution is 2.26. The maximum atomic E-state index is 12.7. The molecule has 1 amide bonds. The number of nitrogens with one attached hydrogen (secondary N) is 1. The minimum Gasteiger partial charge on any atom is -0.490 e. The van der Waals surface area contributed by atoms with Crippen molar-refractivity contribution in [2.75, 3.05) is 13.1 Å². The number of rotatable bonds is 6. The Morgan fingerprint density at radius 1 is 1.28 bits per heavy atom. The lowest BCUT2D eigenvalue weighted by molar-refractivity contribution is -0.131. The molecule has 0 saturated carbocycles. The molecule has 0 unspecified atom stereocenters. The lowest BCUT2D eigenvalue weighted by Gasteiger charge is -2.35. The highest BCUT2D eigenvalue weighted by atomic mass is 32.2. The van der Waals surface area contributed by atoms with Crippen molar-refractivity contribution in [3.05, 3.63) is 29.8 Å². The monoisotopic (exact) mass is 370 g/mol. The van der Waals surface area contributed by atoms with Crippen LogP contribution >= 0.6 is 0 Å². The van der Waals surface area contributed by atoms with E-state index in [1.165, 1.54) is 29.2 Å². The quantitative estimate of drug-likeness (QED) is 0.587. The van der Waals surface area contributed by atoms with Crippen LogP contribution in [0.5, 0.6) is 5.75 Å². The van der Waals surface area contributed by atoms with Gasteiger partial charge in [0.05, 0.1) is 0 Å². The molecule has 0 bridgehead atoms. The van der Waals surface area contributed by atoms with Crippen LogP contribution in [0.1, 0.15) is 39.2 Å². The van der Waals surface area contributed by atoms with Gasteiger partial charge in [-0.25, -0.2) is 18.2 Å². The van der Waals surface area contributed by atoms with Crippen molar-refractivity contribution in [2.45, 2.75) is 50.9 Å². The van der Waals surface area contributed by atoms with E-state index in [-0.39, 0.29) is 19.2 Å². The second kappa shape index (κ2) is 7.72. The highest BCUT2D eigenvalue weighted by Gasteiger charge is 2.46. The van der Waals surface area contributed by atoms with E-state index in [2.05, 4.69) is 6.92 Å². The first-order valence-electron chi connectivity index (χ1n) is 8.42. The number of aryl methyl sites for hydroxylation is 1. The molecule has 1 aliphatic rings. The summed E-state index contributed by atoms with van der Waals surface area (Å²) >= 11 is 0. The third-order valence-corrected chi connectivity index (χ3v) is 7.19. The van der Waals surface area contributed by atoms with Crippen molar-refractivity contribution in [1.82, 2.24) is 9.79 Å². The smallest absolute Gasteiger partial charge is 0.265 e. The van der Waals surface area contributed by atoms with Crippen LogP contribution in [0.15, 0.2) is 24.3 Å². The molecule has 1 aromatic rings. The molecular formula is C17H26N2O5S. The summed E-state index contributed by atoms with van der Waals surface area (Å²) in [5.41, 5.74) is 2.67. The van der Waals surface area contributed by atoms with Gasteiger partial charge in [0.25, 0.3) is 5.91 Å². The van der Waals surface area contributed by atoms with Crippen molar-refractivity contribution >= 4 is 15.9 Å². The molecule has 0 aromatic heterocycles. The van der Waals surface area contributed by atoms with E-state index in [0.29, 0.717) is 12.8 Å². The van der Waals surface area contributed by atoms with Gasteiger partial charge in [0, 0.05) is 13.1 Å². The molecule has 25 heavy (non-hydrogen) atoms. The summed E-state index contributed by atoms with van der Waals surface area (Å²) in [5, 5.41) is 8.77. The molecule has 1 aromatic carbocycles. The van der Waals surface area contributed by atoms with Gasteiger partial charge in [0.1, 0.15) is 11.9 Å². The number of nitrogens with zero attached hydrogens (tertiary/aromatic N) is 1. The van der Waals surface area contributed by atoms with Crippen molar-refractivity contribution in [3.63, 3.8) is 0 Å². The molecule has 7 nitrogen and oxygen atoms in total. The summed E-state index contributed by atoms with van der Waals surface area (Å²) in [4.78, 5) is 11.7. The Kier molecular flexibility index (Phi) is 6.08. The van der Waals surface area contributed by atoms with Gasteiger partial charge in [0.2, 0.25) is 10.0 Å². The summed E-state index contributed by atoms with van der Waals surface area (Å²) in [6, 6.07) is 7.89. The zero-order chi connectivity index (χ0) is 18.7. The Morgan fingerprint density at radius 3 is 2.32 bits per heavy atom. The highest BCUT2D eigenvalue weighted by molar-refractivity contribution is 7.91. The average molecular weight is 370 g/mol. The number of hydrogen-bond acceptors (Lipinski definition) is 5. The van der Waals surface area contributed by atoms with Crippen LogP contribution in [-0.2, 0) is 21.2 Å². The summed E-state index contributed by atoms with van der Waals surface area (Å²) in [6.45, 7) is 5.21. The number of hydrogen-bond donors (Lipinski definition) is 2. The van der Waals surface area contributed by atoms with Crippen molar-refractivity contribution in [3.8, 4) is 5.75 Å². The normalized spacial score (nSPS) is 17.3. The predicted molar refractivity (Wildman–Crippen MR) is 94.0 cm³/mol. The zero-order valence-electron chi connectivity index (χ0n) is 14.9. The number of carbonyl (C=O) groups excluding carboxylic acids is 1. The molecule has 0 aliphatic carbocycles. The Morgan fingerprint density at radius 2 is 1.84 bits per heavy atom. The zero-order valence-corrected chi connectivity index (χ0v) is 15.7. The van der Waals surface area contributed by atoms with Gasteiger partial charge < -0.3 is 4.74 Å². The third kappa shape index (κ3) is 4.13. The van der Waals surface area contributed by atoms with Gasteiger partial charge in [-0.3, -0.25) is 10.0 Å². The number of hydroxylamine groups is 1. The standard InChI is InChI=1S/C17H26N2O5S/c1-4-13-5-7-14(8-6-13)24-15-9-11-19(12-10-15)25(22,23)17(2,3)16(20)18-21/h5-8,15,21H,4,9-12H2,1-3H3,(H,18,20). The van der Waals surface area contributed by atoms with Crippen molar-refractivity contribution in [1.29, 1.82) is 0 Å². The first-order valence-corrected chi connectivity index (χ1v) is 9.86.